The number of carbonyl (C=O) groups is 1. The van der Waals surface area contributed by atoms with Crippen molar-refractivity contribution in [3.05, 3.63) is 76.5 Å². The van der Waals surface area contributed by atoms with Crippen LogP contribution in [0.4, 0.5) is 5.69 Å². The largest absolute Gasteiger partial charge is 0.423 e. The van der Waals surface area contributed by atoms with Crippen LogP contribution in [0.15, 0.2) is 52.9 Å². The van der Waals surface area contributed by atoms with E-state index >= 15 is 0 Å². The average molecular weight is 342 g/mol. The number of nitrogens with zero attached hydrogens (tertiary/aromatic N) is 2. The molecule has 122 valence electrons. The molecule has 0 radical (unpaired) electrons. The van der Waals surface area contributed by atoms with Gasteiger partial charge in [0.1, 0.15) is 0 Å². The number of hydrogen-bond acceptors (Lipinski definition) is 5. The van der Waals surface area contributed by atoms with Crippen LogP contribution in [-0.4, -0.2) is 16.0 Å². The third-order valence-electron chi connectivity index (χ3n) is 3.50. The van der Waals surface area contributed by atoms with Crippen LogP contribution in [0.2, 0.25) is 5.02 Å². The van der Waals surface area contributed by atoms with Crippen molar-refractivity contribution in [3.63, 3.8) is 0 Å². The summed E-state index contributed by atoms with van der Waals surface area (Å²) in [6.45, 7) is 2.28. The molecule has 0 spiro atoms. The zero-order chi connectivity index (χ0) is 16.9. The fraction of sp³-hybridized carbons (Fsp3) is 0.167. The summed E-state index contributed by atoms with van der Waals surface area (Å²) < 4.78 is 5.47. The third-order valence-corrected chi connectivity index (χ3v) is 3.74. The lowest BCUT2D eigenvalue weighted by molar-refractivity contribution is 0.103. The highest BCUT2D eigenvalue weighted by Gasteiger charge is 2.15. The van der Waals surface area contributed by atoms with Gasteiger partial charge in [0, 0.05) is 28.3 Å². The summed E-state index contributed by atoms with van der Waals surface area (Å²) in [4.78, 5) is 12.7. The van der Waals surface area contributed by atoms with Crippen LogP contribution in [0.1, 0.15) is 34.6 Å². The fourth-order valence-corrected chi connectivity index (χ4v) is 2.45. The minimum atomic E-state index is -0.0969. The number of nitrogens with one attached hydrogen (secondary N) is 1. The number of ketones is 1. The molecule has 0 aliphatic rings. The van der Waals surface area contributed by atoms with Gasteiger partial charge in [0.15, 0.2) is 5.78 Å². The number of hydrogen-bond donors (Lipinski definition) is 1. The number of rotatable bonds is 6. The quantitative estimate of drug-likeness (QED) is 0.683. The molecule has 0 aliphatic heterocycles. The van der Waals surface area contributed by atoms with E-state index in [2.05, 4.69) is 15.5 Å². The zero-order valence-corrected chi connectivity index (χ0v) is 13.9. The van der Waals surface area contributed by atoms with Crippen LogP contribution >= 0.6 is 11.6 Å². The highest BCUT2D eigenvalue weighted by molar-refractivity contribution is 6.31. The highest BCUT2D eigenvalue weighted by atomic mass is 35.5. The number of anilines is 1. The van der Waals surface area contributed by atoms with Crippen molar-refractivity contribution in [2.24, 2.45) is 0 Å². The number of carbonyl (C=O) groups excluding carboxylic acids is 1. The molecule has 0 amide bonds. The van der Waals surface area contributed by atoms with E-state index in [-0.39, 0.29) is 5.78 Å². The lowest BCUT2D eigenvalue weighted by Gasteiger charge is -2.10. The molecule has 5 nitrogen and oxygen atoms in total. The van der Waals surface area contributed by atoms with E-state index in [1.807, 2.05) is 25.1 Å². The topological polar surface area (TPSA) is 68.0 Å². The molecule has 0 unspecified atom stereocenters. The summed E-state index contributed by atoms with van der Waals surface area (Å²) in [6, 6.07) is 14.2. The van der Waals surface area contributed by atoms with Crippen LogP contribution < -0.4 is 5.32 Å². The summed E-state index contributed by atoms with van der Waals surface area (Å²) in [5.41, 5.74) is 1.78. The van der Waals surface area contributed by atoms with E-state index in [4.69, 9.17) is 16.0 Å². The molecule has 3 rings (SSSR count). The Labute approximate surface area is 144 Å². The van der Waals surface area contributed by atoms with Crippen LogP contribution in [0.5, 0.6) is 0 Å². The Kier molecular flexibility index (Phi) is 4.91. The van der Waals surface area contributed by atoms with E-state index < -0.39 is 0 Å². The van der Waals surface area contributed by atoms with Crippen molar-refractivity contribution in [1.29, 1.82) is 0 Å². The van der Waals surface area contributed by atoms with Gasteiger partial charge in [0.05, 0.1) is 6.54 Å². The van der Waals surface area contributed by atoms with Crippen molar-refractivity contribution >= 4 is 23.1 Å². The lowest BCUT2D eigenvalue weighted by atomic mass is 10.0. The summed E-state index contributed by atoms with van der Waals surface area (Å²) in [5, 5.41) is 11.6. The predicted octanol–water partition coefficient (Wildman–Crippen LogP) is 4.13. The third kappa shape index (κ3) is 3.63. The van der Waals surface area contributed by atoms with Gasteiger partial charge in [-0.3, -0.25) is 4.79 Å². The second kappa shape index (κ2) is 7.27. The van der Waals surface area contributed by atoms with Gasteiger partial charge in [0.25, 0.3) is 0 Å². The molecule has 2 aromatic carbocycles. The molecule has 1 aromatic heterocycles. The molecule has 0 saturated carbocycles. The van der Waals surface area contributed by atoms with Crippen LogP contribution in [-0.2, 0) is 13.0 Å². The number of aromatic nitrogens is 2. The normalized spacial score (nSPS) is 10.6. The van der Waals surface area contributed by atoms with Crippen molar-refractivity contribution in [2.45, 2.75) is 19.9 Å². The van der Waals surface area contributed by atoms with E-state index in [9.17, 15) is 4.79 Å². The summed E-state index contributed by atoms with van der Waals surface area (Å²) in [6.07, 6.45) is 0.686. The minimum absolute atomic E-state index is 0.0969. The van der Waals surface area contributed by atoms with Gasteiger partial charge in [-0.2, -0.15) is 0 Å². The van der Waals surface area contributed by atoms with Crippen LogP contribution in [0.25, 0.3) is 0 Å². The highest BCUT2D eigenvalue weighted by Crippen LogP contribution is 2.24. The maximum atomic E-state index is 12.7. The van der Waals surface area contributed by atoms with E-state index in [1.165, 1.54) is 0 Å². The first kappa shape index (κ1) is 16.2. The zero-order valence-electron chi connectivity index (χ0n) is 13.1. The standard InChI is InChI=1S/C18H16ClN3O2/c1-2-16-21-22-17(24-16)11-20-15-9-8-13(19)10-14(15)18(23)12-6-4-3-5-7-12/h3-10,20H,2,11H2,1H3. The molecule has 1 heterocycles. The van der Waals surface area contributed by atoms with Gasteiger partial charge in [-0.05, 0) is 18.2 Å². The average Bonchev–Trinajstić information content (AvgIpc) is 3.09. The summed E-state index contributed by atoms with van der Waals surface area (Å²) in [5.74, 6) is 0.962. The van der Waals surface area contributed by atoms with E-state index in [0.29, 0.717) is 46.6 Å². The predicted molar refractivity (Wildman–Crippen MR) is 92.3 cm³/mol. The Morgan fingerprint density at radius 1 is 1.12 bits per heavy atom. The monoisotopic (exact) mass is 341 g/mol. The molecule has 0 saturated heterocycles. The van der Waals surface area contributed by atoms with Gasteiger partial charge in [0.2, 0.25) is 11.8 Å². The summed E-state index contributed by atoms with van der Waals surface area (Å²) >= 11 is 6.07. The maximum absolute atomic E-state index is 12.7. The second-order valence-corrected chi connectivity index (χ2v) is 5.62. The Balaban J connectivity index is 1.84. The SMILES string of the molecule is CCc1nnc(CNc2ccc(Cl)cc2C(=O)c2ccccc2)o1. The van der Waals surface area contributed by atoms with Gasteiger partial charge >= 0.3 is 0 Å². The smallest absolute Gasteiger partial charge is 0.235 e. The Morgan fingerprint density at radius 2 is 1.88 bits per heavy atom. The molecular weight excluding hydrogens is 326 g/mol. The first-order chi connectivity index (χ1) is 11.7. The Bertz CT molecular complexity index is 846. The summed E-state index contributed by atoms with van der Waals surface area (Å²) in [7, 11) is 0. The van der Waals surface area contributed by atoms with Crippen molar-refractivity contribution in [1.82, 2.24) is 10.2 Å². The molecule has 3 aromatic rings. The van der Waals surface area contributed by atoms with Crippen molar-refractivity contribution in [3.8, 4) is 0 Å². The molecule has 0 bridgehead atoms. The minimum Gasteiger partial charge on any atom is -0.423 e. The van der Waals surface area contributed by atoms with E-state index in [0.717, 1.165) is 0 Å². The van der Waals surface area contributed by atoms with E-state index in [1.54, 1.807) is 30.3 Å². The van der Waals surface area contributed by atoms with Gasteiger partial charge < -0.3 is 9.73 Å². The molecule has 1 N–H and O–H groups in total. The second-order valence-electron chi connectivity index (χ2n) is 5.18. The maximum Gasteiger partial charge on any atom is 0.235 e. The van der Waals surface area contributed by atoms with Crippen molar-refractivity contribution < 1.29 is 9.21 Å². The number of aryl methyl sites for hydroxylation is 1. The first-order valence-corrected chi connectivity index (χ1v) is 7.99. The van der Waals surface area contributed by atoms with Crippen LogP contribution in [0.3, 0.4) is 0 Å². The number of benzene rings is 2. The van der Waals surface area contributed by atoms with Gasteiger partial charge in [-0.25, -0.2) is 0 Å². The number of halogens is 1. The lowest BCUT2D eigenvalue weighted by Crippen LogP contribution is -2.08. The van der Waals surface area contributed by atoms with Gasteiger partial charge in [-0.15, -0.1) is 10.2 Å². The van der Waals surface area contributed by atoms with Crippen molar-refractivity contribution in [2.75, 3.05) is 5.32 Å². The fourth-order valence-electron chi connectivity index (χ4n) is 2.28. The molecular formula is C18H16ClN3O2. The first-order valence-electron chi connectivity index (χ1n) is 7.62. The molecule has 6 heteroatoms. The molecule has 0 fully saturated rings. The van der Waals surface area contributed by atoms with Crippen LogP contribution in [0, 0.1) is 0 Å². The molecule has 24 heavy (non-hydrogen) atoms. The Morgan fingerprint density at radius 3 is 2.58 bits per heavy atom. The molecule has 0 atom stereocenters. The molecule has 0 aliphatic carbocycles. The Hall–Kier alpha value is -2.66. The van der Waals surface area contributed by atoms with Gasteiger partial charge in [-0.1, -0.05) is 48.9 Å².